The Hall–Kier alpha value is -0.970. The van der Waals surface area contributed by atoms with Crippen LogP contribution in [0.25, 0.3) is 0 Å². The van der Waals surface area contributed by atoms with Crippen molar-refractivity contribution < 1.29 is 9.84 Å². The summed E-state index contributed by atoms with van der Waals surface area (Å²) < 4.78 is 5.10. The van der Waals surface area contributed by atoms with Crippen LogP contribution >= 0.6 is 12.4 Å². The molecule has 0 saturated heterocycles. The molecule has 1 atom stereocenters. The number of ether oxygens (including phenoxy) is 1. The van der Waals surface area contributed by atoms with E-state index >= 15 is 0 Å². The lowest BCUT2D eigenvalue weighted by molar-refractivity contribution is 0.408. The van der Waals surface area contributed by atoms with Gasteiger partial charge in [-0.15, -0.1) is 12.4 Å². The number of hydrogen-bond acceptors (Lipinski definition) is 4. The van der Waals surface area contributed by atoms with E-state index in [1.54, 1.807) is 25.3 Å². The second kappa shape index (κ2) is 8.17. The maximum Gasteiger partial charge on any atom is 0.120 e. The Kier molecular flexibility index (Phi) is 7.70. The van der Waals surface area contributed by atoms with Crippen LogP contribution in [0.3, 0.4) is 0 Å². The van der Waals surface area contributed by atoms with Crippen LogP contribution < -0.4 is 16.2 Å². The van der Waals surface area contributed by atoms with Gasteiger partial charge in [0.05, 0.1) is 7.11 Å². The zero-order chi connectivity index (χ0) is 12.0. The molecule has 0 heterocycles. The molecular weight excluding hydrogens is 240 g/mol. The third-order valence-corrected chi connectivity index (χ3v) is 2.60. The van der Waals surface area contributed by atoms with Gasteiger partial charge in [0.1, 0.15) is 11.5 Å². The van der Waals surface area contributed by atoms with Crippen LogP contribution in [0, 0.1) is 0 Å². The van der Waals surface area contributed by atoms with Gasteiger partial charge in [0.2, 0.25) is 0 Å². The van der Waals surface area contributed by atoms with E-state index in [1.807, 2.05) is 0 Å². The quantitative estimate of drug-likeness (QED) is 0.683. The maximum atomic E-state index is 9.70. The van der Waals surface area contributed by atoms with E-state index < -0.39 is 0 Å². The van der Waals surface area contributed by atoms with Crippen LogP contribution in [0.15, 0.2) is 18.2 Å². The lowest BCUT2D eigenvalue weighted by Crippen LogP contribution is -2.11. The van der Waals surface area contributed by atoms with Gasteiger partial charge in [0, 0.05) is 11.6 Å². The molecule has 0 aliphatic carbocycles. The van der Waals surface area contributed by atoms with Crippen molar-refractivity contribution in [1.82, 2.24) is 0 Å². The van der Waals surface area contributed by atoms with E-state index in [0.29, 0.717) is 12.3 Å². The molecule has 98 valence electrons. The molecule has 0 aliphatic heterocycles. The summed E-state index contributed by atoms with van der Waals surface area (Å²) in [6.45, 7) is 0.677. The smallest absolute Gasteiger partial charge is 0.120 e. The van der Waals surface area contributed by atoms with Crippen molar-refractivity contribution in [3.8, 4) is 11.5 Å². The third kappa shape index (κ3) is 4.81. The fourth-order valence-electron chi connectivity index (χ4n) is 1.62. The summed E-state index contributed by atoms with van der Waals surface area (Å²) in [5.41, 5.74) is 12.2. The molecule has 0 saturated carbocycles. The average molecular weight is 261 g/mol. The first-order valence-corrected chi connectivity index (χ1v) is 5.51. The van der Waals surface area contributed by atoms with Crippen LogP contribution in [0.1, 0.15) is 30.9 Å². The van der Waals surface area contributed by atoms with E-state index in [4.69, 9.17) is 16.2 Å². The number of hydrogen-bond donors (Lipinski definition) is 3. The molecule has 5 N–H and O–H groups in total. The number of benzene rings is 1. The summed E-state index contributed by atoms with van der Waals surface area (Å²) in [5, 5.41) is 9.70. The summed E-state index contributed by atoms with van der Waals surface area (Å²) in [6.07, 6.45) is 2.74. The Balaban J connectivity index is 0.00000256. The number of methoxy groups -OCH3 is 1. The Morgan fingerprint density at radius 2 is 2.06 bits per heavy atom. The molecule has 0 fully saturated rings. The summed E-state index contributed by atoms with van der Waals surface area (Å²) in [4.78, 5) is 0. The Labute approximate surface area is 108 Å². The zero-order valence-electron chi connectivity index (χ0n) is 10.1. The molecule has 17 heavy (non-hydrogen) atoms. The molecule has 0 aliphatic rings. The van der Waals surface area contributed by atoms with Gasteiger partial charge in [-0.3, -0.25) is 0 Å². The minimum absolute atomic E-state index is 0. The molecule has 1 rings (SSSR count). The normalized spacial score (nSPS) is 11.7. The lowest BCUT2D eigenvalue weighted by atomic mass is 10.0. The van der Waals surface area contributed by atoms with Crippen LogP contribution in [-0.2, 0) is 0 Å². The molecule has 5 heteroatoms. The molecule has 0 radical (unpaired) electrons. The van der Waals surface area contributed by atoms with Gasteiger partial charge in [0.25, 0.3) is 0 Å². The lowest BCUT2D eigenvalue weighted by Gasteiger charge is -2.14. The van der Waals surface area contributed by atoms with Gasteiger partial charge >= 0.3 is 0 Å². The molecular formula is C12H21ClN2O2. The second-order valence-corrected chi connectivity index (χ2v) is 3.82. The molecule has 1 aromatic rings. The Morgan fingerprint density at radius 1 is 1.35 bits per heavy atom. The fourth-order valence-corrected chi connectivity index (χ4v) is 1.62. The van der Waals surface area contributed by atoms with Gasteiger partial charge in [-0.2, -0.15) is 0 Å². The van der Waals surface area contributed by atoms with E-state index in [0.717, 1.165) is 24.8 Å². The van der Waals surface area contributed by atoms with Crippen LogP contribution in [0.5, 0.6) is 11.5 Å². The molecule has 0 bridgehead atoms. The summed E-state index contributed by atoms with van der Waals surface area (Å²) >= 11 is 0. The van der Waals surface area contributed by atoms with Crippen LogP contribution in [0.4, 0.5) is 0 Å². The number of phenolic OH excluding ortho intramolecular Hbond substituents is 1. The topological polar surface area (TPSA) is 81.5 Å². The summed E-state index contributed by atoms with van der Waals surface area (Å²) in [6, 6.07) is 4.94. The van der Waals surface area contributed by atoms with Crippen LogP contribution in [-0.4, -0.2) is 18.8 Å². The standard InChI is InChI=1S/C12H20N2O2.ClH/c1-16-9-5-6-12(15)10(8-9)11(14)4-2-3-7-13;/h5-6,8,11,15H,2-4,7,13-14H2,1H3;1H/t11-;/m1./s1. The number of nitrogens with two attached hydrogens (primary N) is 2. The Bertz CT molecular complexity index is 334. The van der Waals surface area contributed by atoms with E-state index in [9.17, 15) is 5.11 Å². The monoisotopic (exact) mass is 260 g/mol. The van der Waals surface area contributed by atoms with Gasteiger partial charge in [-0.1, -0.05) is 6.42 Å². The van der Waals surface area contributed by atoms with Crippen molar-refractivity contribution in [1.29, 1.82) is 0 Å². The fraction of sp³-hybridized carbons (Fsp3) is 0.500. The molecule has 1 aromatic carbocycles. The first-order chi connectivity index (χ1) is 7.69. The highest BCUT2D eigenvalue weighted by Gasteiger charge is 2.11. The first-order valence-electron chi connectivity index (χ1n) is 5.51. The zero-order valence-corrected chi connectivity index (χ0v) is 10.9. The van der Waals surface area contributed by atoms with Crippen molar-refractivity contribution in [2.24, 2.45) is 11.5 Å². The number of aromatic hydroxyl groups is 1. The maximum absolute atomic E-state index is 9.70. The van der Waals surface area contributed by atoms with Crippen molar-refractivity contribution in [3.05, 3.63) is 23.8 Å². The molecule has 0 unspecified atom stereocenters. The van der Waals surface area contributed by atoms with Crippen molar-refractivity contribution >= 4 is 12.4 Å². The van der Waals surface area contributed by atoms with Gasteiger partial charge in [-0.05, 0) is 37.6 Å². The number of rotatable bonds is 6. The van der Waals surface area contributed by atoms with Crippen LogP contribution in [0.2, 0.25) is 0 Å². The SMILES string of the molecule is COc1ccc(O)c([C@H](N)CCCCN)c1.Cl. The minimum atomic E-state index is -0.165. The van der Waals surface area contributed by atoms with E-state index in [2.05, 4.69) is 0 Å². The molecule has 0 aromatic heterocycles. The predicted octanol–water partition coefficient (Wildman–Crippen LogP) is 1.95. The van der Waals surface area contributed by atoms with Gasteiger partial charge in [0.15, 0.2) is 0 Å². The predicted molar refractivity (Wildman–Crippen MR) is 71.7 cm³/mol. The van der Waals surface area contributed by atoms with Crippen molar-refractivity contribution in [2.75, 3.05) is 13.7 Å². The summed E-state index contributed by atoms with van der Waals surface area (Å²) in [5.74, 6) is 0.933. The largest absolute Gasteiger partial charge is 0.508 e. The van der Waals surface area contributed by atoms with E-state index in [-0.39, 0.29) is 24.2 Å². The third-order valence-electron chi connectivity index (χ3n) is 2.60. The number of phenols is 1. The molecule has 0 spiro atoms. The van der Waals surface area contributed by atoms with Gasteiger partial charge < -0.3 is 21.3 Å². The van der Waals surface area contributed by atoms with Crippen molar-refractivity contribution in [3.63, 3.8) is 0 Å². The van der Waals surface area contributed by atoms with E-state index in [1.165, 1.54) is 0 Å². The highest BCUT2D eigenvalue weighted by Crippen LogP contribution is 2.29. The minimum Gasteiger partial charge on any atom is -0.508 e. The first kappa shape index (κ1) is 16.0. The number of halogens is 1. The molecule has 4 nitrogen and oxygen atoms in total. The Morgan fingerprint density at radius 3 is 2.65 bits per heavy atom. The highest BCUT2D eigenvalue weighted by molar-refractivity contribution is 5.85. The summed E-state index contributed by atoms with van der Waals surface area (Å²) in [7, 11) is 1.59. The average Bonchev–Trinajstić information content (AvgIpc) is 2.30. The van der Waals surface area contributed by atoms with Crippen molar-refractivity contribution in [2.45, 2.75) is 25.3 Å². The number of unbranched alkanes of at least 4 members (excludes halogenated alkanes) is 1. The second-order valence-electron chi connectivity index (χ2n) is 3.82. The highest BCUT2D eigenvalue weighted by atomic mass is 35.5. The molecule has 0 amide bonds. The van der Waals surface area contributed by atoms with Gasteiger partial charge in [-0.25, -0.2) is 0 Å².